The lowest BCUT2D eigenvalue weighted by atomic mass is 10.4. The molecule has 0 radical (unpaired) electrons. The van der Waals surface area contributed by atoms with Crippen molar-refractivity contribution >= 4 is 11.6 Å². The molecule has 6 heteroatoms. The zero-order valence-corrected chi connectivity index (χ0v) is 10.1. The molecule has 17 heavy (non-hydrogen) atoms. The van der Waals surface area contributed by atoms with E-state index in [2.05, 4.69) is 15.5 Å². The fraction of sp³-hybridized carbons (Fsp3) is 0.364. The molecule has 0 bridgehead atoms. The predicted octanol–water partition coefficient (Wildman–Crippen LogP) is 0.872. The Labute approximate surface area is 99.2 Å². The molecule has 0 aliphatic heterocycles. The third-order valence-electron chi connectivity index (χ3n) is 2.39. The third kappa shape index (κ3) is 2.72. The summed E-state index contributed by atoms with van der Waals surface area (Å²) in [5.41, 5.74) is 2.58. The molecule has 0 atom stereocenters. The van der Waals surface area contributed by atoms with Crippen LogP contribution in [0.5, 0.6) is 0 Å². The van der Waals surface area contributed by atoms with Crippen molar-refractivity contribution < 1.29 is 4.79 Å². The molecule has 1 N–H and O–H groups in total. The third-order valence-corrected chi connectivity index (χ3v) is 2.39. The summed E-state index contributed by atoms with van der Waals surface area (Å²) in [4.78, 5) is 11.7. The number of nitrogens with zero attached hydrogens (tertiary/aromatic N) is 4. The highest BCUT2D eigenvalue weighted by atomic mass is 16.2. The molecule has 1 amide bonds. The van der Waals surface area contributed by atoms with Crippen molar-refractivity contribution in [2.75, 3.05) is 5.32 Å². The lowest BCUT2D eigenvalue weighted by molar-refractivity contribution is -0.116. The van der Waals surface area contributed by atoms with Crippen LogP contribution < -0.4 is 5.32 Å². The summed E-state index contributed by atoms with van der Waals surface area (Å²) in [5, 5.41) is 11.0. The number of aryl methyl sites for hydroxylation is 3. The topological polar surface area (TPSA) is 64.7 Å². The van der Waals surface area contributed by atoms with Gasteiger partial charge in [0, 0.05) is 18.9 Å². The highest BCUT2D eigenvalue weighted by molar-refractivity contribution is 5.90. The van der Waals surface area contributed by atoms with Crippen LogP contribution in [0.25, 0.3) is 0 Å². The first-order valence-electron chi connectivity index (χ1n) is 5.34. The van der Waals surface area contributed by atoms with E-state index in [0.717, 1.165) is 11.4 Å². The molecule has 2 aromatic heterocycles. The fourth-order valence-corrected chi connectivity index (χ4v) is 1.66. The number of rotatable bonds is 3. The maximum Gasteiger partial charge on any atom is 0.246 e. The minimum atomic E-state index is -0.107. The average Bonchev–Trinajstić information content (AvgIpc) is 2.74. The zero-order valence-electron chi connectivity index (χ0n) is 10.1. The normalized spacial score (nSPS) is 10.5. The predicted molar refractivity (Wildman–Crippen MR) is 63.5 cm³/mol. The standard InChI is InChI=1S/C11H15N5O/c1-8-4-9(2)16(14-8)7-11(17)13-10-5-12-15(3)6-10/h4-6H,7H2,1-3H3,(H,13,17). The largest absolute Gasteiger partial charge is 0.322 e. The number of hydrogen-bond donors (Lipinski definition) is 1. The molecule has 0 aliphatic carbocycles. The van der Waals surface area contributed by atoms with Crippen molar-refractivity contribution in [3.05, 3.63) is 29.8 Å². The summed E-state index contributed by atoms with van der Waals surface area (Å²) in [7, 11) is 1.80. The highest BCUT2D eigenvalue weighted by Gasteiger charge is 2.08. The van der Waals surface area contributed by atoms with Crippen molar-refractivity contribution in [2.24, 2.45) is 7.05 Å². The Bertz CT molecular complexity index is 540. The first kappa shape index (κ1) is 11.4. The van der Waals surface area contributed by atoms with E-state index in [9.17, 15) is 4.79 Å². The van der Waals surface area contributed by atoms with Crippen LogP contribution >= 0.6 is 0 Å². The Kier molecular flexibility index (Phi) is 2.95. The van der Waals surface area contributed by atoms with Gasteiger partial charge in [0.05, 0.1) is 17.6 Å². The molecule has 0 saturated carbocycles. The Balaban J connectivity index is 2.00. The molecule has 6 nitrogen and oxygen atoms in total. The molecular weight excluding hydrogens is 218 g/mol. The van der Waals surface area contributed by atoms with E-state index in [4.69, 9.17) is 0 Å². The summed E-state index contributed by atoms with van der Waals surface area (Å²) in [5.74, 6) is -0.107. The Morgan fingerprint density at radius 2 is 2.24 bits per heavy atom. The van der Waals surface area contributed by atoms with Gasteiger partial charge in [-0.15, -0.1) is 0 Å². The van der Waals surface area contributed by atoms with Gasteiger partial charge in [-0.25, -0.2) is 0 Å². The molecule has 0 aromatic carbocycles. The van der Waals surface area contributed by atoms with E-state index in [1.807, 2.05) is 19.9 Å². The van der Waals surface area contributed by atoms with E-state index in [0.29, 0.717) is 5.69 Å². The second kappa shape index (κ2) is 4.40. The monoisotopic (exact) mass is 233 g/mol. The second-order valence-electron chi connectivity index (χ2n) is 4.04. The molecule has 0 saturated heterocycles. The highest BCUT2D eigenvalue weighted by Crippen LogP contribution is 2.05. The first-order chi connectivity index (χ1) is 8.04. The van der Waals surface area contributed by atoms with Crippen LogP contribution in [0.2, 0.25) is 0 Å². The van der Waals surface area contributed by atoms with Gasteiger partial charge in [-0.2, -0.15) is 10.2 Å². The van der Waals surface area contributed by atoms with E-state index in [1.165, 1.54) is 0 Å². The molecule has 2 rings (SSSR count). The van der Waals surface area contributed by atoms with Crippen molar-refractivity contribution in [1.29, 1.82) is 0 Å². The molecule has 2 heterocycles. The molecular formula is C11H15N5O. The van der Waals surface area contributed by atoms with Gasteiger partial charge in [0.25, 0.3) is 0 Å². The number of nitrogens with one attached hydrogen (secondary N) is 1. The van der Waals surface area contributed by atoms with E-state index in [-0.39, 0.29) is 12.5 Å². The van der Waals surface area contributed by atoms with E-state index < -0.39 is 0 Å². The van der Waals surface area contributed by atoms with Crippen LogP contribution in [-0.2, 0) is 18.4 Å². The van der Waals surface area contributed by atoms with Crippen LogP contribution in [0.1, 0.15) is 11.4 Å². The van der Waals surface area contributed by atoms with Crippen LogP contribution in [0.3, 0.4) is 0 Å². The molecule has 2 aromatic rings. The van der Waals surface area contributed by atoms with E-state index >= 15 is 0 Å². The SMILES string of the molecule is Cc1cc(C)n(CC(=O)Nc2cnn(C)c2)n1. The van der Waals surface area contributed by atoms with Gasteiger partial charge < -0.3 is 5.32 Å². The number of carbonyl (C=O) groups is 1. The first-order valence-corrected chi connectivity index (χ1v) is 5.34. The number of amides is 1. The van der Waals surface area contributed by atoms with Crippen LogP contribution in [-0.4, -0.2) is 25.5 Å². The van der Waals surface area contributed by atoms with Crippen molar-refractivity contribution in [3.8, 4) is 0 Å². The van der Waals surface area contributed by atoms with Gasteiger partial charge >= 0.3 is 0 Å². The number of carbonyl (C=O) groups excluding carboxylic acids is 1. The van der Waals surface area contributed by atoms with Gasteiger partial charge in [0.1, 0.15) is 6.54 Å². The van der Waals surface area contributed by atoms with Crippen molar-refractivity contribution in [2.45, 2.75) is 20.4 Å². The molecule has 0 spiro atoms. The minimum Gasteiger partial charge on any atom is -0.322 e. The molecule has 90 valence electrons. The molecule has 0 fully saturated rings. The van der Waals surface area contributed by atoms with Crippen LogP contribution in [0.15, 0.2) is 18.5 Å². The maximum absolute atomic E-state index is 11.7. The lowest BCUT2D eigenvalue weighted by Crippen LogP contribution is -2.20. The number of hydrogen-bond acceptors (Lipinski definition) is 3. The molecule has 0 aliphatic rings. The quantitative estimate of drug-likeness (QED) is 0.855. The van der Waals surface area contributed by atoms with Gasteiger partial charge in [-0.05, 0) is 19.9 Å². The molecule has 0 unspecified atom stereocenters. The minimum absolute atomic E-state index is 0.107. The van der Waals surface area contributed by atoms with Gasteiger partial charge in [0.15, 0.2) is 0 Å². The summed E-state index contributed by atoms with van der Waals surface area (Å²) >= 11 is 0. The lowest BCUT2D eigenvalue weighted by Gasteiger charge is -2.04. The summed E-state index contributed by atoms with van der Waals surface area (Å²) in [6.45, 7) is 4.05. The van der Waals surface area contributed by atoms with Crippen LogP contribution in [0, 0.1) is 13.8 Å². The van der Waals surface area contributed by atoms with Gasteiger partial charge in [-0.3, -0.25) is 14.2 Å². The second-order valence-corrected chi connectivity index (χ2v) is 4.04. The zero-order chi connectivity index (χ0) is 12.4. The fourth-order valence-electron chi connectivity index (χ4n) is 1.66. The van der Waals surface area contributed by atoms with Gasteiger partial charge in [0.2, 0.25) is 5.91 Å². The number of aromatic nitrogens is 4. The van der Waals surface area contributed by atoms with Crippen molar-refractivity contribution in [3.63, 3.8) is 0 Å². The summed E-state index contributed by atoms with van der Waals surface area (Å²) in [6.07, 6.45) is 3.36. The van der Waals surface area contributed by atoms with Gasteiger partial charge in [-0.1, -0.05) is 0 Å². The summed E-state index contributed by atoms with van der Waals surface area (Å²) < 4.78 is 3.32. The Hall–Kier alpha value is -2.11. The van der Waals surface area contributed by atoms with E-state index in [1.54, 1.807) is 28.8 Å². The number of anilines is 1. The van der Waals surface area contributed by atoms with Crippen molar-refractivity contribution in [1.82, 2.24) is 19.6 Å². The Morgan fingerprint density at radius 1 is 1.47 bits per heavy atom. The average molecular weight is 233 g/mol. The van der Waals surface area contributed by atoms with Crippen LogP contribution in [0.4, 0.5) is 5.69 Å². The maximum atomic E-state index is 11.7. The summed E-state index contributed by atoms with van der Waals surface area (Å²) in [6, 6.07) is 1.94. The Morgan fingerprint density at radius 3 is 2.76 bits per heavy atom. The smallest absolute Gasteiger partial charge is 0.246 e.